The van der Waals surface area contributed by atoms with E-state index >= 15 is 0 Å². The lowest BCUT2D eigenvalue weighted by Crippen LogP contribution is -2.20. The van der Waals surface area contributed by atoms with Gasteiger partial charge < -0.3 is 14.5 Å². The Morgan fingerprint density at radius 1 is 1.32 bits per heavy atom. The Labute approximate surface area is 117 Å². The number of ether oxygens (including phenoxy) is 1. The zero-order valence-corrected chi connectivity index (χ0v) is 11.5. The van der Waals surface area contributed by atoms with Gasteiger partial charge >= 0.3 is 0 Å². The van der Waals surface area contributed by atoms with Crippen molar-refractivity contribution in [3.05, 3.63) is 52.4 Å². The molecule has 0 aliphatic rings. The number of furan rings is 1. The molecule has 0 aliphatic heterocycles. The number of hydrogen-bond donors (Lipinski definition) is 1. The minimum absolute atomic E-state index is 0.0199. The van der Waals surface area contributed by atoms with Crippen LogP contribution in [0.4, 0.5) is 8.78 Å². The zero-order chi connectivity index (χ0) is 13.7. The van der Waals surface area contributed by atoms with Crippen molar-refractivity contribution < 1.29 is 17.9 Å². The summed E-state index contributed by atoms with van der Waals surface area (Å²) in [6, 6.07) is 3.81. The summed E-state index contributed by atoms with van der Waals surface area (Å²) in [5.74, 6) is -1.34. The van der Waals surface area contributed by atoms with E-state index in [1.54, 1.807) is 12.5 Å². The van der Waals surface area contributed by atoms with E-state index in [1.165, 1.54) is 0 Å². The molecule has 0 aliphatic carbocycles. The van der Waals surface area contributed by atoms with E-state index in [-0.39, 0.29) is 16.8 Å². The van der Waals surface area contributed by atoms with Gasteiger partial charge in [-0.2, -0.15) is 0 Å². The number of nitrogens with one attached hydrogen (secondary N) is 1. The fourth-order valence-electron chi connectivity index (χ4n) is 1.52. The molecule has 1 heterocycles. The van der Waals surface area contributed by atoms with Gasteiger partial charge in [-0.1, -0.05) is 0 Å². The zero-order valence-electron chi connectivity index (χ0n) is 9.96. The van der Waals surface area contributed by atoms with Crippen molar-refractivity contribution in [3.63, 3.8) is 0 Å². The summed E-state index contributed by atoms with van der Waals surface area (Å²) in [6.07, 6.45) is 3.24. The van der Waals surface area contributed by atoms with Gasteiger partial charge in [-0.05, 0) is 28.1 Å². The van der Waals surface area contributed by atoms with E-state index in [4.69, 9.17) is 9.15 Å². The molecule has 2 aromatic rings. The molecule has 0 saturated carbocycles. The van der Waals surface area contributed by atoms with Crippen molar-refractivity contribution in [1.29, 1.82) is 0 Å². The maximum atomic E-state index is 13.4. The minimum Gasteiger partial charge on any atom is -0.488 e. The van der Waals surface area contributed by atoms with Gasteiger partial charge in [0.15, 0.2) is 11.6 Å². The van der Waals surface area contributed by atoms with E-state index in [0.29, 0.717) is 13.1 Å². The lowest BCUT2D eigenvalue weighted by atomic mass is 10.3. The van der Waals surface area contributed by atoms with Crippen LogP contribution in [0.15, 0.2) is 39.6 Å². The van der Waals surface area contributed by atoms with Crippen molar-refractivity contribution in [3.8, 4) is 5.75 Å². The summed E-state index contributed by atoms with van der Waals surface area (Å²) in [6.45, 7) is 1.46. The molecule has 6 heteroatoms. The van der Waals surface area contributed by atoms with Gasteiger partial charge in [0.2, 0.25) is 0 Å². The fraction of sp³-hybridized carbons (Fsp3) is 0.231. The van der Waals surface area contributed by atoms with Gasteiger partial charge in [0, 0.05) is 24.7 Å². The van der Waals surface area contributed by atoms with Crippen molar-refractivity contribution in [1.82, 2.24) is 5.32 Å². The molecule has 0 amide bonds. The smallest absolute Gasteiger partial charge is 0.169 e. The summed E-state index contributed by atoms with van der Waals surface area (Å²) in [4.78, 5) is 0. The summed E-state index contributed by atoms with van der Waals surface area (Å²) in [5, 5.41) is 3.11. The van der Waals surface area contributed by atoms with Crippen LogP contribution in [0, 0.1) is 11.6 Å². The maximum Gasteiger partial charge on any atom is 0.169 e. The Hall–Kier alpha value is -1.40. The van der Waals surface area contributed by atoms with E-state index in [0.717, 1.165) is 17.7 Å². The molecule has 2 rings (SSSR count). The molecule has 0 unspecified atom stereocenters. The van der Waals surface area contributed by atoms with Crippen molar-refractivity contribution in [2.45, 2.75) is 6.54 Å². The first-order chi connectivity index (χ1) is 9.16. The maximum absolute atomic E-state index is 13.4. The molecule has 19 heavy (non-hydrogen) atoms. The predicted octanol–water partition coefficient (Wildman–Crippen LogP) is 3.49. The lowest BCUT2D eigenvalue weighted by Gasteiger charge is -2.09. The molecular weight excluding hydrogens is 320 g/mol. The van der Waals surface area contributed by atoms with Gasteiger partial charge in [0.05, 0.1) is 17.0 Å². The predicted molar refractivity (Wildman–Crippen MR) is 70.0 cm³/mol. The number of hydrogen-bond acceptors (Lipinski definition) is 3. The Bertz CT molecular complexity index is 508. The molecule has 0 saturated heterocycles. The average molecular weight is 332 g/mol. The van der Waals surface area contributed by atoms with Crippen LogP contribution >= 0.6 is 15.9 Å². The highest BCUT2D eigenvalue weighted by Crippen LogP contribution is 2.28. The molecule has 1 aromatic heterocycles. The summed E-state index contributed by atoms with van der Waals surface area (Å²) >= 11 is 3.06. The van der Waals surface area contributed by atoms with Crippen molar-refractivity contribution in [2.24, 2.45) is 0 Å². The van der Waals surface area contributed by atoms with Crippen molar-refractivity contribution in [2.75, 3.05) is 13.2 Å². The van der Waals surface area contributed by atoms with Crippen LogP contribution in [0.5, 0.6) is 5.75 Å². The van der Waals surface area contributed by atoms with Gasteiger partial charge in [-0.15, -0.1) is 0 Å². The van der Waals surface area contributed by atoms with E-state index in [1.807, 2.05) is 6.07 Å². The van der Waals surface area contributed by atoms with Gasteiger partial charge in [0.1, 0.15) is 12.4 Å². The Kier molecular flexibility index (Phi) is 4.93. The van der Waals surface area contributed by atoms with Gasteiger partial charge in [-0.3, -0.25) is 0 Å². The molecular formula is C13H12BrF2NO2. The minimum atomic E-state index is -0.721. The normalized spacial score (nSPS) is 10.7. The molecule has 0 bridgehead atoms. The third kappa shape index (κ3) is 4.04. The van der Waals surface area contributed by atoms with Crippen molar-refractivity contribution >= 4 is 15.9 Å². The van der Waals surface area contributed by atoms with Gasteiger partial charge in [0.25, 0.3) is 0 Å². The highest BCUT2D eigenvalue weighted by atomic mass is 79.9. The van der Waals surface area contributed by atoms with Crippen LogP contribution in [-0.2, 0) is 6.54 Å². The molecule has 3 nitrogen and oxygen atoms in total. The standard InChI is InChI=1S/C13H12BrF2NO2/c14-11-5-10(15)6-12(16)13(11)19-4-2-17-7-9-1-3-18-8-9/h1,3,5-6,8,17H,2,4,7H2. The lowest BCUT2D eigenvalue weighted by molar-refractivity contribution is 0.295. The van der Waals surface area contributed by atoms with E-state index < -0.39 is 11.6 Å². The first-order valence-corrected chi connectivity index (χ1v) is 6.45. The second-order valence-electron chi connectivity index (χ2n) is 3.86. The SMILES string of the molecule is Fc1cc(F)c(OCCNCc2ccoc2)c(Br)c1. The van der Waals surface area contributed by atoms with Crippen LogP contribution in [0.1, 0.15) is 5.56 Å². The first kappa shape index (κ1) is 14.0. The Balaban J connectivity index is 1.77. The average Bonchev–Trinajstić information content (AvgIpc) is 2.84. The third-order valence-corrected chi connectivity index (χ3v) is 2.99. The second-order valence-corrected chi connectivity index (χ2v) is 4.71. The third-order valence-electron chi connectivity index (χ3n) is 2.40. The van der Waals surface area contributed by atoms with Crippen LogP contribution in [0.25, 0.3) is 0 Å². The molecule has 1 N–H and O–H groups in total. The number of halogens is 3. The van der Waals surface area contributed by atoms with Crippen LogP contribution in [0.3, 0.4) is 0 Å². The molecule has 0 radical (unpaired) electrons. The molecule has 0 spiro atoms. The summed E-state index contributed by atoms with van der Waals surface area (Å²) in [7, 11) is 0. The van der Waals surface area contributed by atoms with Crippen LogP contribution < -0.4 is 10.1 Å². The van der Waals surface area contributed by atoms with Crippen LogP contribution in [0.2, 0.25) is 0 Å². The topological polar surface area (TPSA) is 34.4 Å². The number of rotatable bonds is 6. The first-order valence-electron chi connectivity index (χ1n) is 5.66. The Morgan fingerprint density at radius 2 is 2.16 bits per heavy atom. The van der Waals surface area contributed by atoms with Gasteiger partial charge in [-0.25, -0.2) is 8.78 Å². The second kappa shape index (κ2) is 6.68. The molecule has 0 fully saturated rings. The fourth-order valence-corrected chi connectivity index (χ4v) is 2.04. The molecule has 0 atom stereocenters. The highest BCUT2D eigenvalue weighted by Gasteiger charge is 2.10. The molecule has 1 aromatic carbocycles. The highest BCUT2D eigenvalue weighted by molar-refractivity contribution is 9.10. The number of benzene rings is 1. The monoisotopic (exact) mass is 331 g/mol. The summed E-state index contributed by atoms with van der Waals surface area (Å²) in [5.41, 5.74) is 1.02. The molecule has 102 valence electrons. The summed E-state index contributed by atoms with van der Waals surface area (Å²) < 4.78 is 36.7. The largest absolute Gasteiger partial charge is 0.488 e. The van der Waals surface area contributed by atoms with E-state index in [9.17, 15) is 8.78 Å². The van der Waals surface area contributed by atoms with Crippen LogP contribution in [-0.4, -0.2) is 13.2 Å². The quantitative estimate of drug-likeness (QED) is 0.823. The van der Waals surface area contributed by atoms with E-state index in [2.05, 4.69) is 21.2 Å². The Morgan fingerprint density at radius 3 is 2.84 bits per heavy atom.